The summed E-state index contributed by atoms with van der Waals surface area (Å²) >= 11 is 0. The molecule has 0 bridgehead atoms. The highest BCUT2D eigenvalue weighted by Crippen LogP contribution is 2.24. The number of hydrogen-bond acceptors (Lipinski definition) is 11. The van der Waals surface area contributed by atoms with Gasteiger partial charge < -0.3 is 34.3 Å². The van der Waals surface area contributed by atoms with Gasteiger partial charge in [0.25, 0.3) is 10.1 Å². The third-order valence-corrected chi connectivity index (χ3v) is 9.36. The summed E-state index contributed by atoms with van der Waals surface area (Å²) in [6.07, 6.45) is 27.3. The van der Waals surface area contributed by atoms with Gasteiger partial charge in [-0.3, -0.25) is 14.1 Å². The maximum atomic E-state index is 12.7. The molecule has 12 nitrogen and oxygen atoms in total. The summed E-state index contributed by atoms with van der Waals surface area (Å²) in [5.41, 5.74) is 0. The molecule has 2 unspecified atom stereocenters. The number of unbranched alkanes of at least 4 members (excludes halogenated alkanes) is 9. The largest absolute Gasteiger partial charge is 0.462 e. The predicted octanol–water partition coefficient (Wildman–Crippen LogP) is 7.00. The molecule has 4 N–H and O–H groups in total. The van der Waals surface area contributed by atoms with Crippen LogP contribution in [-0.2, 0) is 38.7 Å². The van der Waals surface area contributed by atoms with Crippen LogP contribution in [0.4, 0.5) is 0 Å². The van der Waals surface area contributed by atoms with E-state index in [9.17, 15) is 37.9 Å². The highest BCUT2D eigenvalue weighted by molar-refractivity contribution is 7.85. The molecule has 0 amide bonds. The van der Waals surface area contributed by atoms with E-state index in [-0.39, 0.29) is 19.4 Å². The van der Waals surface area contributed by atoms with Gasteiger partial charge in [-0.2, -0.15) is 8.42 Å². The molecule has 0 aliphatic carbocycles. The van der Waals surface area contributed by atoms with E-state index in [2.05, 4.69) is 62.5 Å². The minimum Gasteiger partial charge on any atom is -0.462 e. The average Bonchev–Trinajstić information content (AvgIpc) is 3.13. The van der Waals surface area contributed by atoms with E-state index in [1.54, 1.807) is 0 Å². The first-order chi connectivity index (χ1) is 26.0. The Balaban J connectivity index is 2.53. The second-order valence-corrected chi connectivity index (χ2v) is 15.1. The van der Waals surface area contributed by atoms with Crippen LogP contribution in [0, 0.1) is 0 Å². The lowest BCUT2D eigenvalue weighted by Gasteiger charge is -2.40. The number of ether oxygens (including phenoxy) is 4. The summed E-state index contributed by atoms with van der Waals surface area (Å²) < 4.78 is 53.7. The first-order valence-corrected chi connectivity index (χ1v) is 21.5. The second kappa shape index (κ2) is 31.5. The zero-order valence-electron chi connectivity index (χ0n) is 32.5. The van der Waals surface area contributed by atoms with Crippen molar-refractivity contribution in [1.29, 1.82) is 0 Å². The first kappa shape index (κ1) is 49.4. The Bertz CT molecular complexity index is 1240. The van der Waals surface area contributed by atoms with Crippen molar-refractivity contribution in [2.24, 2.45) is 0 Å². The summed E-state index contributed by atoms with van der Waals surface area (Å²) in [6, 6.07) is 0. The fourth-order valence-corrected chi connectivity index (χ4v) is 6.22. The molecule has 6 atom stereocenters. The molecule has 0 saturated carbocycles. The number of rotatable bonds is 31. The van der Waals surface area contributed by atoms with E-state index in [0.29, 0.717) is 19.3 Å². The molecule has 0 aromatic heterocycles. The summed E-state index contributed by atoms with van der Waals surface area (Å²) in [5.74, 6) is -2.07. The fraction of sp³-hybridized carbons (Fsp3) is 0.707. The minimum atomic E-state index is -4.60. The standard InChI is InChI=1S/C41H68O12S/c1-3-5-7-9-11-13-14-15-16-17-18-19-20-22-23-25-27-29-36(42)50-31-34(52-37(43)30-28-26-24-21-12-10-8-6-4-2)32-51-41-40(46)39(45)38(44)35(53-41)33-54(47,48)49/h5,7,11,13,15-16,18-19,22-23,34-35,38-41,44-46H,3-4,6,8-10,12,14,17,20-21,24-33H2,1-2H3,(H,47,48,49)/b7-5+,13-11+,16-15+,19-18+,23-22+/t34-,35-,38-,39?,40?,41+/m1/s1. The number of carbonyl (C=O) groups excluding carboxylic acids is 2. The smallest absolute Gasteiger partial charge is 0.306 e. The molecule has 0 aromatic rings. The highest BCUT2D eigenvalue weighted by atomic mass is 32.2. The molecule has 1 saturated heterocycles. The van der Waals surface area contributed by atoms with Crippen molar-refractivity contribution in [1.82, 2.24) is 0 Å². The van der Waals surface area contributed by atoms with E-state index in [0.717, 1.165) is 51.4 Å². The van der Waals surface area contributed by atoms with E-state index in [4.69, 9.17) is 18.9 Å². The van der Waals surface area contributed by atoms with Crippen molar-refractivity contribution in [3.05, 3.63) is 60.8 Å². The lowest BCUT2D eigenvalue weighted by atomic mass is 10.00. The molecule has 1 fully saturated rings. The van der Waals surface area contributed by atoms with Gasteiger partial charge in [-0.15, -0.1) is 0 Å². The van der Waals surface area contributed by atoms with Crippen LogP contribution in [-0.4, -0.2) is 96.0 Å². The number of carbonyl (C=O) groups is 2. The molecule has 310 valence electrons. The predicted molar refractivity (Wildman–Crippen MR) is 210 cm³/mol. The second-order valence-electron chi connectivity index (χ2n) is 13.6. The van der Waals surface area contributed by atoms with Crippen molar-refractivity contribution in [2.45, 2.75) is 166 Å². The number of esters is 2. The topological polar surface area (TPSA) is 186 Å². The zero-order chi connectivity index (χ0) is 39.9. The van der Waals surface area contributed by atoms with E-state index in [1.807, 2.05) is 12.2 Å². The lowest BCUT2D eigenvalue weighted by molar-refractivity contribution is -0.297. The Hall–Kier alpha value is -2.65. The monoisotopic (exact) mass is 784 g/mol. The Morgan fingerprint density at radius 3 is 1.72 bits per heavy atom. The van der Waals surface area contributed by atoms with Crippen LogP contribution >= 0.6 is 0 Å². The van der Waals surface area contributed by atoms with Crippen molar-refractivity contribution in [2.75, 3.05) is 19.0 Å². The molecule has 1 heterocycles. The van der Waals surface area contributed by atoms with Gasteiger partial charge in [0.2, 0.25) is 0 Å². The summed E-state index contributed by atoms with van der Waals surface area (Å²) in [4.78, 5) is 25.2. The maximum Gasteiger partial charge on any atom is 0.306 e. The Morgan fingerprint density at radius 1 is 0.648 bits per heavy atom. The molecule has 1 aliphatic rings. The normalized spacial score (nSPS) is 21.6. The number of aliphatic hydroxyl groups excluding tert-OH is 3. The minimum absolute atomic E-state index is 0.139. The van der Waals surface area contributed by atoms with Gasteiger partial charge in [-0.25, -0.2) is 0 Å². The van der Waals surface area contributed by atoms with Crippen LogP contribution in [0.3, 0.4) is 0 Å². The quantitative estimate of drug-likeness (QED) is 0.0245. The van der Waals surface area contributed by atoms with Gasteiger partial charge in [0.1, 0.15) is 36.8 Å². The highest BCUT2D eigenvalue weighted by Gasteiger charge is 2.46. The van der Waals surface area contributed by atoms with Gasteiger partial charge in [0.05, 0.1) is 6.61 Å². The van der Waals surface area contributed by atoms with Crippen LogP contribution in [0.15, 0.2) is 60.8 Å². The third-order valence-electron chi connectivity index (χ3n) is 8.61. The van der Waals surface area contributed by atoms with Gasteiger partial charge in [-0.1, -0.05) is 126 Å². The van der Waals surface area contributed by atoms with Crippen LogP contribution in [0.2, 0.25) is 0 Å². The number of allylic oxidation sites excluding steroid dienone is 10. The summed E-state index contributed by atoms with van der Waals surface area (Å²) in [7, 11) is -4.60. The molecule has 1 rings (SSSR count). The Labute approximate surface area is 324 Å². The molecule has 0 spiro atoms. The van der Waals surface area contributed by atoms with Crippen LogP contribution in [0.25, 0.3) is 0 Å². The summed E-state index contributed by atoms with van der Waals surface area (Å²) in [5, 5.41) is 30.7. The molecule has 54 heavy (non-hydrogen) atoms. The van der Waals surface area contributed by atoms with Crippen molar-refractivity contribution in [3.8, 4) is 0 Å². The number of aliphatic hydroxyl groups is 3. The van der Waals surface area contributed by atoms with Gasteiger partial charge in [0.15, 0.2) is 12.4 Å². The molecule has 13 heteroatoms. The lowest BCUT2D eigenvalue weighted by Crippen LogP contribution is -2.60. The molecule has 0 aromatic carbocycles. The van der Waals surface area contributed by atoms with Crippen LogP contribution < -0.4 is 0 Å². The third kappa shape index (κ3) is 26.2. The van der Waals surface area contributed by atoms with Crippen LogP contribution in [0.5, 0.6) is 0 Å². The SMILES string of the molecule is CC/C=C/C/C=C/C/C=C/C/C=C/C/C=C/CCCC(=O)OC[C@H](CO[C@H]1O[C@H](CS(=O)(=O)O)[C@@H](O)C(O)C1O)OC(=O)CCCCCCCCCCC. The van der Waals surface area contributed by atoms with E-state index in [1.165, 1.54) is 32.1 Å². The zero-order valence-corrected chi connectivity index (χ0v) is 33.4. The van der Waals surface area contributed by atoms with Crippen molar-refractivity contribution in [3.63, 3.8) is 0 Å². The molecular weight excluding hydrogens is 717 g/mol. The summed E-state index contributed by atoms with van der Waals surface area (Å²) in [6.45, 7) is 3.53. The molecule has 0 radical (unpaired) electrons. The fourth-order valence-electron chi connectivity index (χ4n) is 5.53. The Morgan fingerprint density at radius 2 is 1.17 bits per heavy atom. The Kier molecular flexibility index (Phi) is 28.8. The van der Waals surface area contributed by atoms with Gasteiger partial charge in [0, 0.05) is 12.8 Å². The van der Waals surface area contributed by atoms with E-state index >= 15 is 0 Å². The van der Waals surface area contributed by atoms with Crippen molar-refractivity contribution < 1.29 is 56.8 Å². The van der Waals surface area contributed by atoms with Gasteiger partial charge >= 0.3 is 11.9 Å². The van der Waals surface area contributed by atoms with E-state index < -0.39 is 71.2 Å². The average molecular weight is 785 g/mol. The van der Waals surface area contributed by atoms with Gasteiger partial charge in [-0.05, 0) is 51.4 Å². The van der Waals surface area contributed by atoms with Crippen molar-refractivity contribution >= 4 is 22.1 Å². The first-order valence-electron chi connectivity index (χ1n) is 19.8. The van der Waals surface area contributed by atoms with Crippen LogP contribution in [0.1, 0.15) is 129 Å². The molecule has 1 aliphatic heterocycles. The maximum absolute atomic E-state index is 12.7. The number of hydrogen-bond donors (Lipinski definition) is 4. The molecular formula is C41H68O12S.